The molecule has 10 heteroatoms. The summed E-state index contributed by atoms with van der Waals surface area (Å²) in [5.41, 5.74) is 0.863. The van der Waals surface area contributed by atoms with Crippen LogP contribution < -0.4 is 21.3 Å². The van der Waals surface area contributed by atoms with Crippen molar-refractivity contribution in [3.05, 3.63) is 35.9 Å². The van der Waals surface area contributed by atoms with Crippen LogP contribution in [0.2, 0.25) is 0 Å². The number of amides is 4. The molecular weight excluding hydrogens is 447 g/mol. The largest absolute Gasteiger partial charge is 0.345 e. The number of nitrogens with one attached hydrogen (secondary N) is 4. The van der Waals surface area contributed by atoms with Crippen molar-refractivity contribution in [1.29, 1.82) is 0 Å². The fourth-order valence-electron chi connectivity index (χ4n) is 4.11. The molecule has 0 aromatic heterocycles. The Morgan fingerprint density at radius 2 is 1.91 bits per heavy atom. The molecule has 0 aliphatic carbocycles. The van der Waals surface area contributed by atoms with E-state index in [0.717, 1.165) is 24.2 Å². The zero-order valence-electron chi connectivity index (χ0n) is 18.6. The first-order chi connectivity index (χ1) is 15.9. The van der Waals surface area contributed by atoms with Gasteiger partial charge in [-0.1, -0.05) is 36.8 Å². The van der Waals surface area contributed by atoms with Crippen molar-refractivity contribution < 1.29 is 23.6 Å². The smallest absolute Gasteiger partial charge is 0.315 e. The monoisotopic (exact) mass is 478 g/mol. The van der Waals surface area contributed by atoms with E-state index in [-0.39, 0.29) is 36.9 Å². The van der Waals surface area contributed by atoms with Gasteiger partial charge < -0.3 is 21.3 Å². The quantitative estimate of drug-likeness (QED) is 0.268. The maximum Gasteiger partial charge on any atom is 0.315 e. The van der Waals surface area contributed by atoms with Crippen LogP contribution in [0, 0.1) is 0 Å². The summed E-state index contributed by atoms with van der Waals surface area (Å²) in [5, 5.41) is 11.5. The number of Topliss-reactive ketones (excluding diaryl/α,β-unsaturated/α-hetero) is 1. The fourth-order valence-corrected chi connectivity index (χ4v) is 5.65. The van der Waals surface area contributed by atoms with E-state index in [9.17, 15) is 23.6 Å². The second-order valence-corrected chi connectivity index (χ2v) is 9.78. The minimum absolute atomic E-state index is 0.111. The predicted molar refractivity (Wildman–Crippen MR) is 125 cm³/mol. The van der Waals surface area contributed by atoms with Crippen molar-refractivity contribution in [2.24, 2.45) is 0 Å². The molecule has 4 N–H and O–H groups in total. The summed E-state index contributed by atoms with van der Waals surface area (Å²) < 4.78 is 12.6. The van der Waals surface area contributed by atoms with E-state index in [1.807, 2.05) is 42.1 Å². The Balaban J connectivity index is 1.47. The number of hydrogen-bond acceptors (Lipinski definition) is 5. The van der Waals surface area contributed by atoms with Gasteiger partial charge in [0.25, 0.3) is 0 Å². The molecule has 1 aromatic carbocycles. The van der Waals surface area contributed by atoms with Gasteiger partial charge in [-0.15, -0.1) is 0 Å². The highest BCUT2D eigenvalue weighted by atomic mass is 32.2. The summed E-state index contributed by atoms with van der Waals surface area (Å²) in [4.78, 5) is 48.3. The average Bonchev–Trinajstić information content (AvgIpc) is 3.35. The molecule has 3 rings (SSSR count). The van der Waals surface area contributed by atoms with Crippen LogP contribution in [0.5, 0.6) is 0 Å². The van der Waals surface area contributed by atoms with Gasteiger partial charge in [0.05, 0.1) is 18.1 Å². The van der Waals surface area contributed by atoms with Crippen LogP contribution in [-0.4, -0.2) is 65.5 Å². The summed E-state index contributed by atoms with van der Waals surface area (Å²) in [6.07, 6.45) is 2.94. The number of ketones is 1. The Morgan fingerprint density at radius 1 is 1.15 bits per heavy atom. The normalized spacial score (nSPS) is 23.1. The van der Waals surface area contributed by atoms with Crippen LogP contribution in [0.3, 0.4) is 0 Å². The number of rotatable bonds is 12. The van der Waals surface area contributed by atoms with Gasteiger partial charge in [0.15, 0.2) is 5.78 Å². The van der Waals surface area contributed by atoms with Crippen LogP contribution in [0.4, 0.5) is 9.18 Å². The molecule has 8 nitrogen and oxygen atoms in total. The van der Waals surface area contributed by atoms with E-state index in [2.05, 4.69) is 21.3 Å². The van der Waals surface area contributed by atoms with E-state index < -0.39 is 30.4 Å². The van der Waals surface area contributed by atoms with Crippen molar-refractivity contribution in [2.45, 2.75) is 68.4 Å². The van der Waals surface area contributed by atoms with E-state index >= 15 is 0 Å². The molecule has 2 heterocycles. The molecular formula is C23H31FN4O4S. The van der Waals surface area contributed by atoms with Gasteiger partial charge in [-0.05, 0) is 25.3 Å². The SMILES string of the molecule is C[C@H](NC(=O)[C@H](Cc1ccccc1)NC(=O)CCCC[C@H]1SC[C@H]2NC(=O)N[C@H]21)C(=O)CF. The standard InChI is InChI=1S/C23H31FN4O4S/c1-14(18(29)12-24)25-22(31)16(11-15-7-3-2-4-8-15)26-20(30)10-6-5-9-19-21-17(13-33-19)27-23(32)28-21/h2-4,7-8,14,16-17,19,21H,5-6,9-13H2,1H3,(H,25,31)(H,26,30)(H2,27,28,32)/t14-,16-,17+,19+,21+/m0/s1. The van der Waals surface area contributed by atoms with Gasteiger partial charge >= 0.3 is 6.03 Å². The van der Waals surface area contributed by atoms with Gasteiger partial charge in [-0.2, -0.15) is 11.8 Å². The van der Waals surface area contributed by atoms with E-state index in [1.165, 1.54) is 6.92 Å². The minimum Gasteiger partial charge on any atom is -0.345 e. The number of thioether (sulfide) groups is 1. The number of carbonyl (C=O) groups excluding carboxylic acids is 4. The number of urea groups is 1. The molecule has 180 valence electrons. The fraction of sp³-hybridized carbons (Fsp3) is 0.565. The topological polar surface area (TPSA) is 116 Å². The number of benzene rings is 1. The van der Waals surface area contributed by atoms with Crippen LogP contribution in [0.15, 0.2) is 30.3 Å². The van der Waals surface area contributed by atoms with Crippen molar-refractivity contribution in [3.63, 3.8) is 0 Å². The molecule has 2 aliphatic rings. The van der Waals surface area contributed by atoms with Gasteiger partial charge in [-0.3, -0.25) is 14.4 Å². The molecule has 2 saturated heterocycles. The zero-order valence-corrected chi connectivity index (χ0v) is 19.5. The molecule has 0 unspecified atom stereocenters. The number of hydrogen-bond donors (Lipinski definition) is 4. The summed E-state index contributed by atoms with van der Waals surface area (Å²) >= 11 is 1.84. The lowest BCUT2D eigenvalue weighted by atomic mass is 10.0. The molecule has 0 spiro atoms. The Labute approximate surface area is 197 Å². The zero-order chi connectivity index (χ0) is 23.8. The van der Waals surface area contributed by atoms with Crippen molar-refractivity contribution in [1.82, 2.24) is 21.3 Å². The number of fused-ring (bicyclic) bond motifs is 1. The van der Waals surface area contributed by atoms with Gasteiger partial charge in [0.1, 0.15) is 12.7 Å². The molecule has 0 radical (unpaired) electrons. The molecule has 2 fully saturated rings. The number of unbranched alkanes of at least 4 members (excludes halogenated alkanes) is 1. The van der Waals surface area contributed by atoms with Crippen LogP contribution in [0.25, 0.3) is 0 Å². The first-order valence-corrected chi connectivity index (χ1v) is 12.3. The van der Waals surface area contributed by atoms with E-state index in [1.54, 1.807) is 0 Å². The van der Waals surface area contributed by atoms with Crippen LogP contribution in [-0.2, 0) is 20.8 Å². The molecule has 5 atom stereocenters. The summed E-state index contributed by atoms with van der Waals surface area (Å²) in [6.45, 7) is 0.271. The molecule has 1 aromatic rings. The van der Waals surface area contributed by atoms with Gasteiger partial charge in [0.2, 0.25) is 11.8 Å². The lowest BCUT2D eigenvalue weighted by molar-refractivity contribution is -0.131. The average molecular weight is 479 g/mol. The summed E-state index contributed by atoms with van der Waals surface area (Å²) in [7, 11) is 0. The van der Waals surface area contributed by atoms with Crippen molar-refractivity contribution in [3.8, 4) is 0 Å². The second-order valence-electron chi connectivity index (χ2n) is 8.51. The van der Waals surface area contributed by atoms with Crippen molar-refractivity contribution >= 4 is 35.4 Å². The minimum atomic E-state index is -1.15. The molecule has 33 heavy (non-hydrogen) atoms. The Hall–Kier alpha value is -2.62. The Bertz CT molecular complexity index is 856. The van der Waals surface area contributed by atoms with Gasteiger partial charge in [0, 0.05) is 23.8 Å². The second kappa shape index (κ2) is 12.0. The summed E-state index contributed by atoms with van der Waals surface area (Å²) in [5.74, 6) is -0.578. The number of alkyl halides is 1. The molecule has 4 amide bonds. The summed E-state index contributed by atoms with van der Waals surface area (Å²) in [6, 6.07) is 7.64. The van der Waals surface area contributed by atoms with E-state index in [4.69, 9.17) is 0 Å². The first kappa shape index (κ1) is 25.0. The third-order valence-electron chi connectivity index (χ3n) is 5.99. The third-order valence-corrected chi connectivity index (χ3v) is 7.50. The first-order valence-electron chi connectivity index (χ1n) is 11.3. The van der Waals surface area contributed by atoms with Crippen molar-refractivity contribution in [2.75, 3.05) is 12.4 Å². The number of halogens is 1. The Morgan fingerprint density at radius 3 is 2.64 bits per heavy atom. The highest BCUT2D eigenvalue weighted by Gasteiger charge is 2.42. The van der Waals surface area contributed by atoms with Gasteiger partial charge in [-0.25, -0.2) is 9.18 Å². The van der Waals surface area contributed by atoms with Crippen LogP contribution in [0.1, 0.15) is 38.2 Å². The molecule has 0 saturated carbocycles. The van der Waals surface area contributed by atoms with E-state index in [0.29, 0.717) is 11.7 Å². The maximum atomic E-state index is 12.7. The lowest BCUT2D eigenvalue weighted by Gasteiger charge is -2.21. The predicted octanol–water partition coefficient (Wildman–Crippen LogP) is 1.48. The maximum absolute atomic E-state index is 12.7. The van der Waals surface area contributed by atoms with Crippen LogP contribution >= 0.6 is 11.8 Å². The lowest BCUT2D eigenvalue weighted by Crippen LogP contribution is -2.51. The Kier molecular flexibility index (Phi) is 9.11. The molecule has 0 bridgehead atoms. The highest BCUT2D eigenvalue weighted by molar-refractivity contribution is 8.00. The highest BCUT2D eigenvalue weighted by Crippen LogP contribution is 2.33. The number of carbonyl (C=O) groups is 4. The molecule has 2 aliphatic heterocycles. The third kappa shape index (κ3) is 7.18.